The molecule has 160 valence electrons. The van der Waals surface area contributed by atoms with Crippen molar-refractivity contribution in [2.24, 2.45) is 5.10 Å². The van der Waals surface area contributed by atoms with Gasteiger partial charge in [-0.3, -0.25) is 9.59 Å². The summed E-state index contributed by atoms with van der Waals surface area (Å²) < 4.78 is 14.5. The second-order valence-electron chi connectivity index (χ2n) is 6.56. The maximum Gasteiger partial charge on any atom is 0.322 e. The molecule has 3 rings (SSSR count). The summed E-state index contributed by atoms with van der Waals surface area (Å²) in [4.78, 5) is 23.5. The number of halogens is 1. The van der Waals surface area contributed by atoms with Crippen LogP contribution in [-0.2, 0) is 9.59 Å². The Morgan fingerprint density at radius 2 is 1.77 bits per heavy atom. The molecule has 8 nitrogen and oxygen atoms in total. The van der Waals surface area contributed by atoms with Gasteiger partial charge in [-0.1, -0.05) is 18.2 Å². The lowest BCUT2D eigenvalue weighted by molar-refractivity contribution is -0.137. The highest BCUT2D eigenvalue weighted by molar-refractivity contribution is 6.06. The van der Waals surface area contributed by atoms with E-state index in [1.54, 1.807) is 32.1 Å². The van der Waals surface area contributed by atoms with Crippen LogP contribution < -0.4 is 5.32 Å². The minimum atomic E-state index is -1.26. The molecule has 0 spiro atoms. The first-order valence-electron chi connectivity index (χ1n) is 9.30. The number of carbonyl (C=O) groups is 2. The van der Waals surface area contributed by atoms with Crippen molar-refractivity contribution in [2.45, 2.75) is 13.8 Å². The maximum absolute atomic E-state index is 14.5. The Morgan fingerprint density at radius 1 is 1.13 bits per heavy atom. The number of carboxylic acids is 1. The van der Waals surface area contributed by atoms with E-state index in [0.717, 1.165) is 6.07 Å². The second kappa shape index (κ2) is 8.70. The number of allylic oxidation sites excluding steroid dienone is 1. The van der Waals surface area contributed by atoms with Gasteiger partial charge in [-0.2, -0.15) is 5.10 Å². The largest absolute Gasteiger partial charge is 0.508 e. The highest BCUT2D eigenvalue weighted by Gasteiger charge is 2.35. The molecule has 1 heterocycles. The van der Waals surface area contributed by atoms with Gasteiger partial charge in [0.1, 0.15) is 18.1 Å². The van der Waals surface area contributed by atoms with Crippen LogP contribution in [0.5, 0.6) is 5.75 Å². The average molecular weight is 425 g/mol. The Hall–Kier alpha value is -4.14. The summed E-state index contributed by atoms with van der Waals surface area (Å²) in [7, 11) is 0. The molecule has 4 N–H and O–H groups in total. The molecule has 0 aliphatic carbocycles. The number of amides is 1. The summed E-state index contributed by atoms with van der Waals surface area (Å²) in [6.45, 7) is 2.63. The van der Waals surface area contributed by atoms with Crippen LogP contribution in [0, 0.1) is 5.82 Å². The standard InChI is InChI=1S/C22H20FN3O5/c1-3-17-19-15(12-5-7-14(27)8-6-12)9-13(23)10-16(19)21(30)20(26(17)25-4-2)22(31)24-11-18(28)29/h3-10,27,30H,11H2,1-2H3,(H,24,31)(H,28,29)/b17-3+,25-4-. The fourth-order valence-corrected chi connectivity index (χ4v) is 3.34. The summed E-state index contributed by atoms with van der Waals surface area (Å²) in [5.41, 5.74) is 1.51. The second-order valence-corrected chi connectivity index (χ2v) is 6.56. The van der Waals surface area contributed by atoms with Crippen LogP contribution in [0.3, 0.4) is 0 Å². The highest BCUT2D eigenvalue weighted by atomic mass is 19.1. The van der Waals surface area contributed by atoms with Gasteiger partial charge in [0.05, 0.1) is 5.70 Å². The maximum atomic E-state index is 14.5. The predicted molar refractivity (Wildman–Crippen MR) is 113 cm³/mol. The lowest BCUT2D eigenvalue weighted by atomic mass is 9.88. The molecule has 9 heteroatoms. The number of phenols is 1. The number of carbonyl (C=O) groups excluding carboxylic acids is 1. The summed E-state index contributed by atoms with van der Waals surface area (Å²) in [6.07, 6.45) is 3.04. The summed E-state index contributed by atoms with van der Waals surface area (Å²) in [6, 6.07) is 8.48. The van der Waals surface area contributed by atoms with Crippen molar-refractivity contribution < 1.29 is 29.3 Å². The van der Waals surface area contributed by atoms with Gasteiger partial charge in [0, 0.05) is 17.3 Å². The molecule has 1 aliphatic rings. The number of hydrogen-bond acceptors (Lipinski definition) is 6. The van der Waals surface area contributed by atoms with Gasteiger partial charge in [-0.25, -0.2) is 9.40 Å². The first-order valence-corrected chi connectivity index (χ1v) is 9.30. The SMILES string of the molecule is C/C=N\N1C(C(=O)NCC(=O)O)=C(O)c2cc(F)cc(-c3ccc(O)cc3)c2/C1=C\C. The molecule has 2 aromatic carbocycles. The number of aromatic hydroxyl groups is 1. The summed E-state index contributed by atoms with van der Waals surface area (Å²) in [5, 5.41) is 36.9. The number of hydrazone groups is 1. The highest BCUT2D eigenvalue weighted by Crippen LogP contribution is 2.43. The lowest BCUT2D eigenvalue weighted by Crippen LogP contribution is -2.37. The molecule has 2 aromatic rings. The number of hydrogen-bond donors (Lipinski definition) is 4. The molecule has 31 heavy (non-hydrogen) atoms. The molecule has 0 atom stereocenters. The molecular formula is C22H20FN3O5. The number of aliphatic hydroxyl groups is 1. The normalized spacial score (nSPS) is 14.8. The van der Waals surface area contributed by atoms with Crippen molar-refractivity contribution in [1.82, 2.24) is 10.3 Å². The van der Waals surface area contributed by atoms with Crippen LogP contribution in [0.25, 0.3) is 22.6 Å². The zero-order valence-electron chi connectivity index (χ0n) is 16.8. The van der Waals surface area contributed by atoms with E-state index >= 15 is 0 Å². The Labute approximate surface area is 177 Å². The number of nitrogens with zero attached hydrogens (tertiary/aromatic N) is 2. The molecule has 0 aromatic heterocycles. The molecule has 0 saturated carbocycles. The number of phenolic OH excluding ortho intramolecular Hbond substituents is 1. The van der Waals surface area contributed by atoms with Crippen LogP contribution >= 0.6 is 0 Å². The molecule has 1 aliphatic heterocycles. The number of rotatable bonds is 5. The van der Waals surface area contributed by atoms with Gasteiger partial charge >= 0.3 is 5.97 Å². The van der Waals surface area contributed by atoms with E-state index < -0.39 is 30.0 Å². The molecule has 0 saturated heterocycles. The topological polar surface area (TPSA) is 122 Å². The Balaban J connectivity index is 2.30. The third-order valence-corrected chi connectivity index (χ3v) is 4.58. The third-order valence-electron chi connectivity index (χ3n) is 4.58. The van der Waals surface area contributed by atoms with E-state index in [1.807, 2.05) is 0 Å². The summed E-state index contributed by atoms with van der Waals surface area (Å²) >= 11 is 0. The smallest absolute Gasteiger partial charge is 0.322 e. The fourth-order valence-electron chi connectivity index (χ4n) is 3.34. The van der Waals surface area contributed by atoms with Gasteiger partial charge in [0.15, 0.2) is 11.5 Å². The van der Waals surface area contributed by atoms with E-state index in [-0.39, 0.29) is 17.0 Å². The zero-order chi connectivity index (χ0) is 22.7. The van der Waals surface area contributed by atoms with Gasteiger partial charge in [0.2, 0.25) is 0 Å². The quantitative estimate of drug-likeness (QED) is 0.545. The average Bonchev–Trinajstić information content (AvgIpc) is 2.73. The Morgan fingerprint density at radius 3 is 2.35 bits per heavy atom. The van der Waals surface area contributed by atoms with Crippen molar-refractivity contribution >= 4 is 29.5 Å². The monoisotopic (exact) mass is 425 g/mol. The molecule has 0 bridgehead atoms. The number of aliphatic hydroxyl groups excluding tert-OH is 1. The van der Waals surface area contributed by atoms with E-state index in [1.165, 1.54) is 29.4 Å². The summed E-state index contributed by atoms with van der Waals surface area (Å²) in [5.74, 6) is -3.30. The van der Waals surface area contributed by atoms with Gasteiger partial charge in [-0.05, 0) is 49.2 Å². The zero-order valence-corrected chi connectivity index (χ0v) is 16.8. The number of fused-ring (bicyclic) bond motifs is 1. The number of carboxylic acid groups (broad SMARTS) is 1. The molecule has 1 amide bonds. The predicted octanol–water partition coefficient (Wildman–Crippen LogP) is 3.31. The molecule has 0 fully saturated rings. The third kappa shape index (κ3) is 4.11. The van der Waals surface area contributed by atoms with E-state index in [4.69, 9.17) is 5.11 Å². The first-order chi connectivity index (χ1) is 14.8. The van der Waals surface area contributed by atoms with Crippen LogP contribution in [0.1, 0.15) is 25.0 Å². The van der Waals surface area contributed by atoms with E-state index in [0.29, 0.717) is 22.4 Å². The number of nitrogens with one attached hydrogen (secondary N) is 1. The number of benzene rings is 2. The Kier molecular flexibility index (Phi) is 6.05. The minimum Gasteiger partial charge on any atom is -0.508 e. The van der Waals surface area contributed by atoms with Gasteiger partial charge < -0.3 is 20.6 Å². The first kappa shape index (κ1) is 21.6. The van der Waals surface area contributed by atoms with Gasteiger partial charge in [-0.15, -0.1) is 0 Å². The van der Waals surface area contributed by atoms with Crippen molar-refractivity contribution in [3.8, 4) is 16.9 Å². The van der Waals surface area contributed by atoms with Crippen LogP contribution in [0.2, 0.25) is 0 Å². The molecule has 0 radical (unpaired) electrons. The van der Waals surface area contributed by atoms with Crippen molar-refractivity contribution in [3.05, 3.63) is 65.1 Å². The van der Waals surface area contributed by atoms with Crippen molar-refractivity contribution in [3.63, 3.8) is 0 Å². The van der Waals surface area contributed by atoms with Crippen molar-refractivity contribution in [2.75, 3.05) is 6.54 Å². The van der Waals surface area contributed by atoms with E-state index in [9.17, 15) is 24.2 Å². The lowest BCUT2D eigenvalue weighted by Gasteiger charge is -2.32. The Bertz CT molecular complexity index is 1140. The van der Waals surface area contributed by atoms with Crippen LogP contribution in [0.15, 0.2) is 53.3 Å². The van der Waals surface area contributed by atoms with E-state index in [2.05, 4.69) is 10.4 Å². The van der Waals surface area contributed by atoms with Crippen LogP contribution in [-0.4, -0.2) is 45.0 Å². The minimum absolute atomic E-state index is 0.0395. The molecule has 0 unspecified atom stereocenters. The molecular weight excluding hydrogens is 405 g/mol. The number of aliphatic carboxylic acids is 1. The van der Waals surface area contributed by atoms with Crippen LogP contribution in [0.4, 0.5) is 4.39 Å². The van der Waals surface area contributed by atoms with Crippen molar-refractivity contribution in [1.29, 1.82) is 0 Å². The van der Waals surface area contributed by atoms with Gasteiger partial charge in [0.25, 0.3) is 5.91 Å². The fraction of sp³-hybridized carbons (Fsp3) is 0.136.